The highest BCUT2D eigenvalue weighted by atomic mass is 16.8. The van der Waals surface area contributed by atoms with Gasteiger partial charge in [-0.25, -0.2) is 0 Å². The summed E-state index contributed by atoms with van der Waals surface area (Å²) < 4.78 is 35.3. The maximum Gasteiger partial charge on any atom is 0.164 e. The fourth-order valence-electron chi connectivity index (χ4n) is 3.56. The van der Waals surface area contributed by atoms with Crippen LogP contribution >= 0.6 is 0 Å². The maximum atomic E-state index is 6.00. The van der Waals surface area contributed by atoms with E-state index in [1.165, 1.54) is 0 Å². The molecule has 2 aliphatic heterocycles. The molecule has 0 aromatic heterocycles. The Morgan fingerprint density at radius 1 is 0.600 bits per heavy atom. The van der Waals surface area contributed by atoms with Gasteiger partial charge in [0, 0.05) is 14.2 Å². The van der Waals surface area contributed by atoms with Gasteiger partial charge in [0.15, 0.2) is 11.6 Å². The minimum Gasteiger partial charge on any atom is -0.376 e. The van der Waals surface area contributed by atoms with Gasteiger partial charge >= 0.3 is 0 Å². The van der Waals surface area contributed by atoms with E-state index in [0.29, 0.717) is 0 Å². The summed E-state index contributed by atoms with van der Waals surface area (Å²) in [6, 6.07) is 0. The van der Waals surface area contributed by atoms with Crippen molar-refractivity contribution in [2.24, 2.45) is 0 Å². The van der Waals surface area contributed by atoms with E-state index < -0.39 is 11.6 Å². The average molecular weight is 288 g/mol. The van der Waals surface area contributed by atoms with Gasteiger partial charge in [0.2, 0.25) is 0 Å². The first-order valence-corrected chi connectivity index (χ1v) is 7.05. The van der Waals surface area contributed by atoms with E-state index in [4.69, 9.17) is 28.4 Å². The summed E-state index contributed by atoms with van der Waals surface area (Å²) in [6.45, 7) is 7.58. The molecule has 0 amide bonds. The Kier molecular flexibility index (Phi) is 3.40. The van der Waals surface area contributed by atoms with E-state index in [9.17, 15) is 0 Å². The Hall–Kier alpha value is -0.240. The predicted octanol–water partition coefficient (Wildman–Crippen LogP) is 1.07. The van der Waals surface area contributed by atoms with Crippen LogP contribution in [0.4, 0.5) is 0 Å². The molecule has 0 spiro atoms. The lowest BCUT2D eigenvalue weighted by Gasteiger charge is -2.41. The molecule has 6 nitrogen and oxygen atoms in total. The molecule has 20 heavy (non-hydrogen) atoms. The molecule has 0 bridgehead atoms. The second kappa shape index (κ2) is 4.63. The van der Waals surface area contributed by atoms with Gasteiger partial charge in [0.05, 0.1) is 0 Å². The van der Waals surface area contributed by atoms with Gasteiger partial charge in [0.25, 0.3) is 0 Å². The van der Waals surface area contributed by atoms with Crippen LogP contribution in [-0.4, -0.2) is 62.4 Å². The van der Waals surface area contributed by atoms with Gasteiger partial charge in [-0.2, -0.15) is 0 Å². The lowest BCUT2D eigenvalue weighted by Crippen LogP contribution is -2.62. The van der Waals surface area contributed by atoms with Crippen LogP contribution in [0.5, 0.6) is 0 Å². The summed E-state index contributed by atoms with van der Waals surface area (Å²) in [7, 11) is 3.32. The molecule has 0 N–H and O–H groups in total. The Labute approximate surface area is 119 Å². The molecule has 0 radical (unpaired) electrons. The zero-order valence-corrected chi connectivity index (χ0v) is 12.9. The van der Waals surface area contributed by atoms with E-state index in [0.717, 1.165) is 0 Å². The van der Waals surface area contributed by atoms with Crippen LogP contribution in [0.1, 0.15) is 27.7 Å². The maximum absolute atomic E-state index is 6.00. The number of ether oxygens (including phenoxy) is 6. The summed E-state index contributed by atoms with van der Waals surface area (Å²) in [5.74, 6) is -1.31. The third-order valence-corrected chi connectivity index (χ3v) is 4.17. The molecule has 6 heteroatoms. The number of hydrogen-bond donors (Lipinski definition) is 0. The highest BCUT2D eigenvalue weighted by Gasteiger charge is 2.63. The number of fused-ring (bicyclic) bond motifs is 2. The molecule has 6 atom stereocenters. The Morgan fingerprint density at radius 3 is 1.05 bits per heavy atom. The highest BCUT2D eigenvalue weighted by molar-refractivity contribution is 5.08. The zero-order chi connectivity index (χ0) is 14.7. The van der Waals surface area contributed by atoms with Crippen LogP contribution in [0.15, 0.2) is 0 Å². The van der Waals surface area contributed by atoms with Crippen molar-refractivity contribution in [3.8, 4) is 0 Å². The number of hydrogen-bond acceptors (Lipinski definition) is 6. The second-order valence-corrected chi connectivity index (χ2v) is 6.53. The quantitative estimate of drug-likeness (QED) is 0.757. The molecule has 2 saturated heterocycles. The molecular weight excluding hydrogens is 264 g/mol. The highest BCUT2D eigenvalue weighted by Crippen LogP contribution is 2.45. The van der Waals surface area contributed by atoms with Crippen molar-refractivity contribution >= 4 is 0 Å². The van der Waals surface area contributed by atoms with Crippen molar-refractivity contribution in [1.82, 2.24) is 0 Å². The standard InChI is InChI=1S/C14H24O6/c1-13(2)17-9-7(15-5)11-12(20-14(3,4)19-11)8(16-6)10(9)18-13/h7-12H,1-6H3/t7-,8-,9-,10-,11+,12+. The van der Waals surface area contributed by atoms with E-state index in [1.807, 2.05) is 27.7 Å². The minimum atomic E-state index is -0.656. The molecule has 3 rings (SSSR count). The van der Waals surface area contributed by atoms with Gasteiger partial charge in [-0.15, -0.1) is 0 Å². The van der Waals surface area contributed by atoms with Crippen LogP contribution in [0.3, 0.4) is 0 Å². The molecule has 0 aromatic rings. The third-order valence-electron chi connectivity index (χ3n) is 4.17. The van der Waals surface area contributed by atoms with E-state index >= 15 is 0 Å². The fraction of sp³-hybridized carbons (Fsp3) is 1.00. The van der Waals surface area contributed by atoms with Crippen LogP contribution in [-0.2, 0) is 28.4 Å². The SMILES string of the molecule is CO[C@@H]1[C@H]2OC(C)(C)O[C@@H]2[C@@H](OC)[C@@H]2OC(C)(C)O[C@@H]12. The first-order valence-electron chi connectivity index (χ1n) is 7.05. The van der Waals surface area contributed by atoms with Gasteiger partial charge in [-0.1, -0.05) is 0 Å². The number of methoxy groups -OCH3 is 2. The van der Waals surface area contributed by atoms with E-state index in [2.05, 4.69) is 0 Å². The third kappa shape index (κ3) is 2.19. The lowest BCUT2D eigenvalue weighted by molar-refractivity contribution is -0.186. The zero-order valence-electron chi connectivity index (χ0n) is 12.9. The number of rotatable bonds is 2. The van der Waals surface area contributed by atoms with Crippen LogP contribution in [0.25, 0.3) is 0 Å². The van der Waals surface area contributed by atoms with Crippen LogP contribution < -0.4 is 0 Å². The Bertz CT molecular complexity index is 318. The van der Waals surface area contributed by atoms with Crippen molar-refractivity contribution in [3.63, 3.8) is 0 Å². The van der Waals surface area contributed by atoms with Gasteiger partial charge in [-0.3, -0.25) is 0 Å². The minimum absolute atomic E-state index is 0.223. The summed E-state index contributed by atoms with van der Waals surface area (Å²) in [5.41, 5.74) is 0. The summed E-state index contributed by atoms with van der Waals surface area (Å²) in [5, 5.41) is 0. The average Bonchev–Trinajstić information content (AvgIpc) is 2.80. The fourth-order valence-corrected chi connectivity index (χ4v) is 3.56. The molecule has 116 valence electrons. The molecule has 0 unspecified atom stereocenters. The molecule has 2 heterocycles. The largest absolute Gasteiger partial charge is 0.376 e. The molecule has 3 aliphatic rings. The molecule has 0 aromatic carbocycles. The van der Waals surface area contributed by atoms with Gasteiger partial charge in [-0.05, 0) is 27.7 Å². The summed E-state index contributed by atoms with van der Waals surface area (Å²) >= 11 is 0. The first-order chi connectivity index (χ1) is 9.28. The van der Waals surface area contributed by atoms with Crippen molar-refractivity contribution in [3.05, 3.63) is 0 Å². The monoisotopic (exact) mass is 288 g/mol. The molecule has 1 saturated carbocycles. The van der Waals surface area contributed by atoms with Crippen molar-refractivity contribution < 1.29 is 28.4 Å². The Balaban J connectivity index is 1.93. The van der Waals surface area contributed by atoms with Crippen molar-refractivity contribution in [2.45, 2.75) is 75.9 Å². The molecule has 1 aliphatic carbocycles. The molecule has 3 fully saturated rings. The predicted molar refractivity (Wildman–Crippen MR) is 69.2 cm³/mol. The topological polar surface area (TPSA) is 55.4 Å². The smallest absolute Gasteiger partial charge is 0.164 e. The van der Waals surface area contributed by atoms with Crippen molar-refractivity contribution in [2.75, 3.05) is 14.2 Å². The first kappa shape index (κ1) is 14.7. The van der Waals surface area contributed by atoms with E-state index in [1.54, 1.807) is 14.2 Å². The van der Waals surface area contributed by atoms with Gasteiger partial charge in [0.1, 0.15) is 36.6 Å². The molecular formula is C14H24O6. The second-order valence-electron chi connectivity index (χ2n) is 6.53. The normalized spacial score (nSPS) is 48.9. The Morgan fingerprint density at radius 2 is 0.850 bits per heavy atom. The van der Waals surface area contributed by atoms with E-state index in [-0.39, 0.29) is 36.6 Å². The van der Waals surface area contributed by atoms with Crippen molar-refractivity contribution in [1.29, 1.82) is 0 Å². The summed E-state index contributed by atoms with van der Waals surface area (Å²) in [4.78, 5) is 0. The lowest BCUT2D eigenvalue weighted by atomic mass is 9.85. The van der Waals surface area contributed by atoms with Crippen LogP contribution in [0, 0.1) is 0 Å². The van der Waals surface area contributed by atoms with Gasteiger partial charge < -0.3 is 28.4 Å². The summed E-state index contributed by atoms with van der Waals surface area (Å²) in [6.07, 6.45) is -1.37. The van der Waals surface area contributed by atoms with Crippen LogP contribution in [0.2, 0.25) is 0 Å².